The summed E-state index contributed by atoms with van der Waals surface area (Å²) in [6, 6.07) is 0. The molecule has 0 aliphatic heterocycles. The molecule has 0 aliphatic rings. The third-order valence-corrected chi connectivity index (χ3v) is 1.22. The van der Waals surface area contributed by atoms with E-state index in [-0.39, 0.29) is 7.33 Å². The maximum absolute atomic E-state index is 10.8. The first-order chi connectivity index (χ1) is 5.74. The molecule has 68 valence electrons. The van der Waals surface area contributed by atoms with E-state index < -0.39 is 0 Å². The Bertz CT molecular complexity index is 213. The van der Waals surface area contributed by atoms with Crippen LogP contribution in [0, 0.1) is 0 Å². The number of amides is 1. The molecule has 0 atom stereocenters. The molecule has 0 saturated carbocycles. The van der Waals surface area contributed by atoms with Gasteiger partial charge in [0.1, 0.15) is 0 Å². The van der Waals surface area contributed by atoms with Crippen molar-refractivity contribution in [2.45, 2.75) is 13.3 Å². The topological polar surface area (TPSA) is 53.8 Å². The zero-order valence-electron chi connectivity index (χ0n) is 7.21. The minimum Gasteiger partial charge on any atom is -0.350 e. The summed E-state index contributed by atoms with van der Waals surface area (Å²) in [7, 11) is 0. The first kappa shape index (κ1) is 10.6. The van der Waals surface area contributed by atoms with Gasteiger partial charge in [0, 0.05) is 14.6 Å². The standard InChI is InChI=1S/C8H13N3O.H2/c1-4-7(11-9-3)6-10-8(12)5-2;/h4H,1,3,5-6H2,2H3,(H,10,12);1H/b11-7+;. The molecule has 4 heteroatoms. The first-order valence-corrected chi connectivity index (χ1v) is 3.66. The quantitative estimate of drug-likeness (QED) is 0.484. The maximum Gasteiger partial charge on any atom is 0.220 e. The van der Waals surface area contributed by atoms with Gasteiger partial charge in [-0.2, -0.15) is 10.2 Å². The summed E-state index contributed by atoms with van der Waals surface area (Å²) in [4.78, 5) is 10.8. The zero-order chi connectivity index (χ0) is 9.40. The van der Waals surface area contributed by atoms with E-state index in [0.717, 1.165) is 0 Å². The number of hydrogen-bond donors (Lipinski definition) is 1. The fourth-order valence-electron chi connectivity index (χ4n) is 0.553. The molecule has 0 spiro atoms. The second kappa shape index (κ2) is 6.27. The molecule has 0 aromatic heterocycles. The van der Waals surface area contributed by atoms with Gasteiger partial charge < -0.3 is 5.32 Å². The van der Waals surface area contributed by atoms with Crippen LogP contribution in [0.5, 0.6) is 0 Å². The summed E-state index contributed by atoms with van der Waals surface area (Å²) in [5.41, 5.74) is 0.604. The Kier molecular flexibility index (Phi) is 5.51. The van der Waals surface area contributed by atoms with Crippen molar-refractivity contribution in [3.63, 3.8) is 0 Å². The highest BCUT2D eigenvalue weighted by Gasteiger charge is 1.97. The van der Waals surface area contributed by atoms with E-state index in [1.54, 1.807) is 6.92 Å². The minimum atomic E-state index is -0.0198. The molecule has 1 amide bonds. The highest BCUT2D eigenvalue weighted by molar-refractivity contribution is 5.98. The highest BCUT2D eigenvalue weighted by Crippen LogP contribution is 1.81. The Morgan fingerprint density at radius 1 is 1.75 bits per heavy atom. The number of nitrogens with zero attached hydrogens (tertiary/aromatic N) is 2. The number of nitrogens with one attached hydrogen (secondary N) is 1. The van der Waals surface area contributed by atoms with Crippen molar-refractivity contribution >= 4 is 18.3 Å². The second-order valence-electron chi connectivity index (χ2n) is 2.07. The lowest BCUT2D eigenvalue weighted by molar-refractivity contribution is -0.120. The van der Waals surface area contributed by atoms with E-state index in [9.17, 15) is 4.79 Å². The van der Waals surface area contributed by atoms with Gasteiger partial charge in [-0.3, -0.25) is 4.79 Å². The monoisotopic (exact) mass is 169 g/mol. The van der Waals surface area contributed by atoms with Crippen molar-refractivity contribution in [1.29, 1.82) is 0 Å². The highest BCUT2D eigenvalue weighted by atomic mass is 16.1. The van der Waals surface area contributed by atoms with Gasteiger partial charge in [-0.15, -0.1) is 0 Å². The Balaban J connectivity index is 0. The third kappa shape index (κ3) is 4.38. The van der Waals surface area contributed by atoms with Crippen LogP contribution in [0.15, 0.2) is 22.9 Å². The average molecular weight is 169 g/mol. The number of carbonyl (C=O) groups is 1. The maximum atomic E-state index is 10.8. The molecule has 0 unspecified atom stereocenters. The first-order valence-electron chi connectivity index (χ1n) is 3.66. The molecule has 0 fully saturated rings. The Hall–Kier alpha value is -1.45. The lowest BCUT2D eigenvalue weighted by atomic mass is 10.3. The van der Waals surface area contributed by atoms with Crippen LogP contribution in [0.1, 0.15) is 14.8 Å². The lowest BCUT2D eigenvalue weighted by Gasteiger charge is -2.00. The molecule has 0 bridgehead atoms. The summed E-state index contributed by atoms with van der Waals surface area (Å²) in [6.07, 6.45) is 2.00. The van der Waals surface area contributed by atoms with Crippen LogP contribution in [0.25, 0.3) is 0 Å². The van der Waals surface area contributed by atoms with Gasteiger partial charge in [0.05, 0.1) is 12.3 Å². The van der Waals surface area contributed by atoms with Crippen molar-refractivity contribution in [2.75, 3.05) is 6.54 Å². The molecule has 0 heterocycles. The van der Waals surface area contributed by atoms with Gasteiger partial charge >= 0.3 is 0 Å². The summed E-state index contributed by atoms with van der Waals surface area (Å²) < 4.78 is 0. The number of rotatable bonds is 5. The van der Waals surface area contributed by atoms with E-state index in [4.69, 9.17) is 0 Å². The van der Waals surface area contributed by atoms with E-state index in [1.807, 2.05) is 0 Å². The molecule has 1 N–H and O–H groups in total. The van der Waals surface area contributed by atoms with E-state index in [0.29, 0.717) is 18.7 Å². The van der Waals surface area contributed by atoms with Crippen molar-refractivity contribution < 1.29 is 6.22 Å². The van der Waals surface area contributed by atoms with Crippen LogP contribution >= 0.6 is 0 Å². The van der Waals surface area contributed by atoms with Gasteiger partial charge in [-0.25, -0.2) is 0 Å². The van der Waals surface area contributed by atoms with Crippen LogP contribution < -0.4 is 5.32 Å². The third-order valence-electron chi connectivity index (χ3n) is 1.22. The predicted molar refractivity (Wildman–Crippen MR) is 52.6 cm³/mol. The van der Waals surface area contributed by atoms with Crippen molar-refractivity contribution in [3.8, 4) is 0 Å². The molecule has 12 heavy (non-hydrogen) atoms. The Morgan fingerprint density at radius 2 is 2.42 bits per heavy atom. The summed E-state index contributed by atoms with van der Waals surface area (Å²) in [5, 5.41) is 9.61. The molecule has 0 aromatic carbocycles. The van der Waals surface area contributed by atoms with Crippen LogP contribution in [-0.2, 0) is 4.79 Å². The van der Waals surface area contributed by atoms with Crippen molar-refractivity contribution in [3.05, 3.63) is 12.7 Å². The smallest absolute Gasteiger partial charge is 0.220 e. The van der Waals surface area contributed by atoms with E-state index in [1.165, 1.54) is 6.08 Å². The molecule has 0 radical (unpaired) electrons. The van der Waals surface area contributed by atoms with E-state index >= 15 is 0 Å². The fraction of sp³-hybridized carbons (Fsp3) is 0.375. The van der Waals surface area contributed by atoms with Crippen LogP contribution in [0.3, 0.4) is 0 Å². The van der Waals surface area contributed by atoms with Gasteiger partial charge in [-0.1, -0.05) is 13.5 Å². The molecule has 0 aromatic rings. The van der Waals surface area contributed by atoms with Crippen LogP contribution in [0.4, 0.5) is 0 Å². The number of carbonyl (C=O) groups excluding carboxylic acids is 1. The van der Waals surface area contributed by atoms with Crippen LogP contribution in [-0.4, -0.2) is 24.9 Å². The Labute approximate surface area is 73.6 Å². The fourth-order valence-corrected chi connectivity index (χ4v) is 0.553. The average Bonchev–Trinajstić information content (AvgIpc) is 2.11. The van der Waals surface area contributed by atoms with Crippen molar-refractivity contribution in [1.82, 2.24) is 5.32 Å². The van der Waals surface area contributed by atoms with E-state index in [2.05, 4.69) is 28.8 Å². The van der Waals surface area contributed by atoms with Gasteiger partial charge in [0.2, 0.25) is 5.91 Å². The summed E-state index contributed by atoms with van der Waals surface area (Å²) >= 11 is 0. The largest absolute Gasteiger partial charge is 0.350 e. The normalized spacial score (nSPS) is 10.6. The molecule has 0 rings (SSSR count). The molecular formula is C8H15N3O. The molecule has 0 saturated heterocycles. The molecular weight excluding hydrogens is 154 g/mol. The molecule has 4 nitrogen and oxygen atoms in total. The predicted octanol–water partition coefficient (Wildman–Crippen LogP) is 1.00. The minimum absolute atomic E-state index is 0. The van der Waals surface area contributed by atoms with Gasteiger partial charge in [-0.05, 0) is 6.08 Å². The number of hydrogen-bond acceptors (Lipinski definition) is 3. The molecule has 0 aliphatic carbocycles. The Morgan fingerprint density at radius 3 is 2.83 bits per heavy atom. The van der Waals surface area contributed by atoms with Crippen LogP contribution in [0.2, 0.25) is 0 Å². The SMILES string of the molecule is C=C/C(CNC(=O)CC)=N\N=C.[HH]. The van der Waals surface area contributed by atoms with Gasteiger partial charge in [0.15, 0.2) is 0 Å². The summed E-state index contributed by atoms with van der Waals surface area (Å²) in [5.74, 6) is -0.0198. The second-order valence-corrected chi connectivity index (χ2v) is 2.07. The zero-order valence-corrected chi connectivity index (χ0v) is 7.21. The van der Waals surface area contributed by atoms with Gasteiger partial charge in [0.25, 0.3) is 0 Å². The van der Waals surface area contributed by atoms with Crippen molar-refractivity contribution in [2.24, 2.45) is 10.2 Å². The summed E-state index contributed by atoms with van der Waals surface area (Å²) in [6.45, 7) is 8.85. The lowest BCUT2D eigenvalue weighted by Crippen LogP contribution is -2.27.